The molecule has 2 aromatic rings. The highest BCUT2D eigenvalue weighted by atomic mass is 32.2. The van der Waals surface area contributed by atoms with Crippen LogP contribution in [-0.2, 0) is 10.5 Å². The number of hydrogen-bond acceptors (Lipinski definition) is 4. The van der Waals surface area contributed by atoms with Gasteiger partial charge in [-0.3, -0.25) is 4.79 Å². The van der Waals surface area contributed by atoms with Crippen molar-refractivity contribution in [2.24, 2.45) is 0 Å². The van der Waals surface area contributed by atoms with Gasteiger partial charge in [-0.15, -0.1) is 11.8 Å². The van der Waals surface area contributed by atoms with Gasteiger partial charge in [-0.25, -0.2) is 0 Å². The van der Waals surface area contributed by atoms with Crippen molar-refractivity contribution in [1.29, 1.82) is 0 Å². The van der Waals surface area contributed by atoms with Gasteiger partial charge >= 0.3 is 0 Å². The first-order valence-electron chi connectivity index (χ1n) is 9.87. The Labute approximate surface area is 172 Å². The third-order valence-electron chi connectivity index (χ3n) is 5.48. The van der Waals surface area contributed by atoms with Gasteiger partial charge in [0.1, 0.15) is 17.1 Å². The maximum absolute atomic E-state index is 12.6. The van der Waals surface area contributed by atoms with Crippen LogP contribution in [0, 0.1) is 0 Å². The second kappa shape index (κ2) is 9.37. The van der Waals surface area contributed by atoms with E-state index in [0.29, 0.717) is 5.75 Å². The van der Waals surface area contributed by atoms with Crippen molar-refractivity contribution in [3.05, 3.63) is 59.7 Å². The van der Waals surface area contributed by atoms with Crippen LogP contribution in [0.15, 0.2) is 48.5 Å². The van der Waals surface area contributed by atoms with Crippen LogP contribution in [0.5, 0.6) is 11.5 Å². The number of ether oxygens (including phenoxy) is 2. The molecule has 5 heteroatoms. The Bertz CT molecular complexity index is 787. The van der Waals surface area contributed by atoms with Crippen molar-refractivity contribution in [3.63, 3.8) is 0 Å². The largest absolute Gasteiger partial charge is 0.497 e. The van der Waals surface area contributed by atoms with Crippen molar-refractivity contribution in [3.8, 4) is 11.5 Å². The summed E-state index contributed by atoms with van der Waals surface area (Å²) in [6.07, 6.45) is 2.67. The number of thioether (sulfide) groups is 1. The Kier molecular flexibility index (Phi) is 6.89. The van der Waals surface area contributed by atoms with Gasteiger partial charge in [0.2, 0.25) is 5.91 Å². The van der Waals surface area contributed by atoms with E-state index in [-0.39, 0.29) is 17.6 Å². The van der Waals surface area contributed by atoms with Gasteiger partial charge in [0.25, 0.3) is 0 Å². The number of benzene rings is 2. The average Bonchev–Trinajstić information content (AvgIpc) is 2.74. The number of nitrogens with one attached hydrogen (secondary N) is 1. The molecule has 0 radical (unpaired) electrons. The highest BCUT2D eigenvalue weighted by Gasteiger charge is 2.38. The fourth-order valence-electron chi connectivity index (χ4n) is 3.65. The zero-order valence-electron chi connectivity index (χ0n) is 16.9. The summed E-state index contributed by atoms with van der Waals surface area (Å²) in [7, 11) is 1.66. The van der Waals surface area contributed by atoms with Gasteiger partial charge in [-0.1, -0.05) is 44.2 Å². The molecule has 4 nitrogen and oxygen atoms in total. The van der Waals surface area contributed by atoms with Crippen LogP contribution in [0.2, 0.25) is 0 Å². The first-order chi connectivity index (χ1) is 13.6. The SMILES string of the molecule is CCC1(CC)C[C@H](NC(=O)CSCc2ccc(OC)cc2)c2ccccc2O1. The summed E-state index contributed by atoms with van der Waals surface area (Å²) in [5.41, 5.74) is 2.06. The number of carbonyl (C=O) groups is 1. The third-order valence-corrected chi connectivity index (χ3v) is 6.49. The standard InChI is InChI=1S/C23H29NO3S/c1-4-23(5-2)14-20(19-8-6-7-9-21(19)27-23)24-22(25)16-28-15-17-10-12-18(26-3)13-11-17/h6-13,20H,4-5,14-16H2,1-3H3,(H,24,25)/t20-/m0/s1. The van der Waals surface area contributed by atoms with E-state index in [1.54, 1.807) is 18.9 Å². The molecule has 28 heavy (non-hydrogen) atoms. The molecule has 1 aliphatic rings. The molecule has 0 fully saturated rings. The van der Waals surface area contributed by atoms with E-state index < -0.39 is 0 Å². The molecule has 0 saturated heterocycles. The van der Waals surface area contributed by atoms with E-state index in [9.17, 15) is 4.79 Å². The molecule has 0 bridgehead atoms. The number of fused-ring (bicyclic) bond motifs is 1. The minimum absolute atomic E-state index is 0.000985. The van der Waals surface area contributed by atoms with Crippen molar-refractivity contribution in [1.82, 2.24) is 5.32 Å². The lowest BCUT2D eigenvalue weighted by Crippen LogP contribution is -2.44. The van der Waals surface area contributed by atoms with Gasteiger partial charge in [0.05, 0.1) is 18.9 Å². The molecule has 2 aromatic carbocycles. The molecule has 1 amide bonds. The van der Waals surface area contributed by atoms with Crippen molar-refractivity contribution >= 4 is 17.7 Å². The van der Waals surface area contributed by atoms with Crippen LogP contribution < -0.4 is 14.8 Å². The van der Waals surface area contributed by atoms with Crippen LogP contribution in [0.1, 0.15) is 50.3 Å². The molecular formula is C23H29NO3S. The topological polar surface area (TPSA) is 47.6 Å². The second-order valence-electron chi connectivity index (χ2n) is 7.20. The normalized spacial score (nSPS) is 17.3. The molecule has 0 aliphatic carbocycles. The van der Waals surface area contributed by atoms with E-state index in [0.717, 1.165) is 42.1 Å². The molecule has 150 valence electrons. The van der Waals surface area contributed by atoms with Crippen molar-refractivity contribution < 1.29 is 14.3 Å². The van der Waals surface area contributed by atoms with Gasteiger partial charge in [-0.2, -0.15) is 0 Å². The van der Waals surface area contributed by atoms with Crippen LogP contribution in [-0.4, -0.2) is 24.4 Å². The van der Waals surface area contributed by atoms with Crippen LogP contribution in [0.3, 0.4) is 0 Å². The van der Waals surface area contributed by atoms with Crippen LogP contribution in [0.25, 0.3) is 0 Å². The summed E-state index contributed by atoms with van der Waals surface area (Å²) >= 11 is 1.63. The lowest BCUT2D eigenvalue weighted by Gasteiger charge is -2.41. The number of para-hydroxylation sites is 1. The van der Waals surface area contributed by atoms with Gasteiger partial charge < -0.3 is 14.8 Å². The number of carbonyl (C=O) groups excluding carboxylic acids is 1. The van der Waals surface area contributed by atoms with Gasteiger partial charge in [0.15, 0.2) is 0 Å². The first-order valence-corrected chi connectivity index (χ1v) is 11.0. The maximum Gasteiger partial charge on any atom is 0.230 e. The maximum atomic E-state index is 12.6. The summed E-state index contributed by atoms with van der Waals surface area (Å²) in [6, 6.07) is 16.0. The quantitative estimate of drug-likeness (QED) is 0.669. The number of rotatable bonds is 8. The Balaban J connectivity index is 1.59. The predicted octanol–water partition coefficient (Wildman–Crippen LogP) is 5.13. The summed E-state index contributed by atoms with van der Waals surface area (Å²) in [4.78, 5) is 12.6. The van der Waals surface area contributed by atoms with E-state index in [2.05, 4.69) is 25.2 Å². The van der Waals surface area contributed by atoms with Crippen molar-refractivity contribution in [2.45, 2.75) is 50.5 Å². The predicted molar refractivity (Wildman–Crippen MR) is 115 cm³/mol. The Morgan fingerprint density at radius 2 is 1.89 bits per heavy atom. The van der Waals surface area contributed by atoms with Gasteiger partial charge in [-0.05, 0) is 36.6 Å². The molecule has 1 atom stereocenters. The summed E-state index contributed by atoms with van der Waals surface area (Å²) in [5.74, 6) is 3.06. The van der Waals surface area contributed by atoms with E-state index >= 15 is 0 Å². The lowest BCUT2D eigenvalue weighted by molar-refractivity contribution is -0.120. The van der Waals surface area contributed by atoms with Crippen molar-refractivity contribution in [2.75, 3.05) is 12.9 Å². The average molecular weight is 400 g/mol. The number of amides is 1. The smallest absolute Gasteiger partial charge is 0.230 e. The molecule has 3 rings (SSSR count). The molecular weight excluding hydrogens is 370 g/mol. The van der Waals surface area contributed by atoms with Crippen LogP contribution in [0.4, 0.5) is 0 Å². The highest BCUT2D eigenvalue weighted by Crippen LogP contribution is 2.42. The number of methoxy groups -OCH3 is 1. The van der Waals surface area contributed by atoms with E-state index in [1.807, 2.05) is 42.5 Å². The lowest BCUT2D eigenvalue weighted by atomic mass is 9.83. The zero-order chi connectivity index (χ0) is 20.0. The summed E-state index contributed by atoms with van der Waals surface area (Å²) in [5, 5.41) is 3.24. The zero-order valence-corrected chi connectivity index (χ0v) is 17.7. The molecule has 0 unspecified atom stereocenters. The van der Waals surface area contributed by atoms with Crippen LogP contribution >= 0.6 is 11.8 Å². The van der Waals surface area contributed by atoms with Gasteiger partial charge in [0, 0.05) is 17.7 Å². The molecule has 1 N–H and O–H groups in total. The minimum atomic E-state index is -0.206. The summed E-state index contributed by atoms with van der Waals surface area (Å²) < 4.78 is 11.5. The number of hydrogen-bond donors (Lipinski definition) is 1. The molecule has 0 aromatic heterocycles. The van der Waals surface area contributed by atoms with E-state index in [4.69, 9.17) is 9.47 Å². The molecule has 0 spiro atoms. The highest BCUT2D eigenvalue weighted by molar-refractivity contribution is 7.99. The Morgan fingerprint density at radius 3 is 2.57 bits per heavy atom. The Hall–Kier alpha value is -2.14. The fourth-order valence-corrected chi connectivity index (χ4v) is 4.45. The summed E-state index contributed by atoms with van der Waals surface area (Å²) in [6.45, 7) is 4.31. The minimum Gasteiger partial charge on any atom is -0.497 e. The Morgan fingerprint density at radius 1 is 1.18 bits per heavy atom. The first kappa shape index (κ1) is 20.6. The van der Waals surface area contributed by atoms with E-state index in [1.165, 1.54) is 5.56 Å². The fraction of sp³-hybridized carbons (Fsp3) is 0.435. The molecule has 0 saturated carbocycles. The third kappa shape index (κ3) is 4.82. The monoisotopic (exact) mass is 399 g/mol. The second-order valence-corrected chi connectivity index (χ2v) is 8.18. The molecule has 1 aliphatic heterocycles. The molecule has 1 heterocycles.